The van der Waals surface area contributed by atoms with Gasteiger partial charge in [-0.2, -0.15) is 0 Å². The Balaban J connectivity index is 1.39. The van der Waals surface area contributed by atoms with Crippen molar-refractivity contribution in [3.8, 4) is 17.0 Å². The highest BCUT2D eigenvalue weighted by atomic mass is 16.5. The van der Waals surface area contributed by atoms with Gasteiger partial charge >= 0.3 is 0 Å². The zero-order valence-electron chi connectivity index (χ0n) is 19.5. The van der Waals surface area contributed by atoms with E-state index in [1.54, 1.807) is 0 Å². The molecule has 0 bridgehead atoms. The molecule has 7 nitrogen and oxygen atoms in total. The number of anilines is 2. The normalized spacial score (nSPS) is 14.4. The van der Waals surface area contributed by atoms with E-state index in [0.717, 1.165) is 78.2 Å². The Morgan fingerprint density at radius 1 is 1.03 bits per heavy atom. The first kappa shape index (κ1) is 22.0. The first-order chi connectivity index (χ1) is 16.6. The summed E-state index contributed by atoms with van der Waals surface area (Å²) in [5.41, 5.74) is 11.9. The number of rotatable bonds is 7. The van der Waals surface area contributed by atoms with Crippen molar-refractivity contribution >= 4 is 17.2 Å². The molecule has 0 spiro atoms. The molecule has 1 aliphatic rings. The number of benzene rings is 1. The van der Waals surface area contributed by atoms with Crippen LogP contribution in [0.4, 0.5) is 11.5 Å². The lowest BCUT2D eigenvalue weighted by molar-refractivity contribution is 0.246. The number of ether oxygens (including phenoxy) is 1. The maximum Gasteiger partial charge on any atom is 0.137 e. The third kappa shape index (κ3) is 4.75. The summed E-state index contributed by atoms with van der Waals surface area (Å²) in [6.07, 6.45) is 3.82. The van der Waals surface area contributed by atoms with Gasteiger partial charge in [0.1, 0.15) is 23.8 Å². The predicted molar refractivity (Wildman–Crippen MR) is 137 cm³/mol. The van der Waals surface area contributed by atoms with Crippen LogP contribution in [-0.4, -0.2) is 52.1 Å². The summed E-state index contributed by atoms with van der Waals surface area (Å²) in [7, 11) is 0. The van der Waals surface area contributed by atoms with Crippen LogP contribution in [0.25, 0.3) is 16.9 Å². The zero-order chi connectivity index (χ0) is 23.5. The van der Waals surface area contributed by atoms with Gasteiger partial charge in [0.15, 0.2) is 0 Å². The van der Waals surface area contributed by atoms with Crippen LogP contribution < -0.4 is 15.4 Å². The number of hydrogen-bond acceptors (Lipinski definition) is 6. The Hall–Kier alpha value is -3.84. The second kappa shape index (κ2) is 9.57. The van der Waals surface area contributed by atoms with Crippen molar-refractivity contribution in [1.82, 2.24) is 19.3 Å². The van der Waals surface area contributed by atoms with Crippen molar-refractivity contribution < 1.29 is 4.74 Å². The van der Waals surface area contributed by atoms with E-state index < -0.39 is 0 Å². The molecule has 34 heavy (non-hydrogen) atoms. The minimum Gasteiger partial charge on any atom is -0.489 e. The Bertz CT molecular complexity index is 1270. The number of pyridine rings is 2. The van der Waals surface area contributed by atoms with Crippen LogP contribution >= 0.6 is 0 Å². The number of nitrogens with two attached hydrogens (primary N) is 1. The van der Waals surface area contributed by atoms with Crippen LogP contribution in [0, 0.1) is 0 Å². The van der Waals surface area contributed by atoms with E-state index in [4.69, 9.17) is 15.5 Å². The number of fused-ring (bicyclic) bond motifs is 1. The molecule has 2 N–H and O–H groups in total. The maximum atomic E-state index is 6.13. The molecule has 0 aliphatic carbocycles. The summed E-state index contributed by atoms with van der Waals surface area (Å²) in [5.74, 6) is 1.87. The molecule has 1 saturated heterocycles. The molecule has 5 rings (SSSR count). The summed E-state index contributed by atoms with van der Waals surface area (Å²) in [6.45, 7) is 11.0. The van der Waals surface area contributed by atoms with Crippen LogP contribution in [0.3, 0.4) is 0 Å². The van der Waals surface area contributed by atoms with Crippen LogP contribution in [0.2, 0.25) is 0 Å². The Kier molecular flexibility index (Phi) is 6.18. The molecule has 1 aliphatic heterocycles. The molecular formula is C27H30N6O. The monoisotopic (exact) mass is 454 g/mol. The van der Waals surface area contributed by atoms with Crippen molar-refractivity contribution in [3.63, 3.8) is 0 Å². The lowest BCUT2D eigenvalue weighted by atomic mass is 10.1. The molecule has 0 radical (unpaired) electrons. The number of nitrogen functional groups attached to an aromatic ring is 1. The molecule has 0 unspecified atom stereocenters. The Labute approximate surface area is 200 Å². The first-order valence-electron chi connectivity index (χ1n) is 11.6. The molecule has 0 saturated carbocycles. The molecule has 0 amide bonds. The number of nitrogens with zero attached hydrogens (tertiary/aromatic N) is 5. The Morgan fingerprint density at radius 2 is 1.82 bits per heavy atom. The van der Waals surface area contributed by atoms with E-state index >= 15 is 0 Å². The van der Waals surface area contributed by atoms with E-state index in [1.807, 2.05) is 55.7 Å². The maximum absolute atomic E-state index is 6.13. The van der Waals surface area contributed by atoms with Gasteiger partial charge in [0.2, 0.25) is 0 Å². The molecule has 174 valence electrons. The van der Waals surface area contributed by atoms with Crippen LogP contribution in [0.15, 0.2) is 79.1 Å². The van der Waals surface area contributed by atoms with Crippen molar-refractivity contribution in [1.29, 1.82) is 0 Å². The highest BCUT2D eigenvalue weighted by molar-refractivity contribution is 5.68. The van der Waals surface area contributed by atoms with Gasteiger partial charge in [-0.1, -0.05) is 12.6 Å². The third-order valence-electron chi connectivity index (χ3n) is 6.07. The van der Waals surface area contributed by atoms with E-state index in [1.165, 1.54) is 0 Å². The average molecular weight is 455 g/mol. The number of imidazole rings is 1. The molecule has 3 aromatic heterocycles. The molecular weight excluding hydrogens is 424 g/mol. The highest BCUT2D eigenvalue weighted by Crippen LogP contribution is 2.29. The fraction of sp³-hybridized carbons (Fsp3) is 0.259. The fourth-order valence-electron chi connectivity index (χ4n) is 4.30. The molecule has 1 fully saturated rings. The second-order valence-electron chi connectivity index (χ2n) is 8.82. The van der Waals surface area contributed by atoms with Crippen molar-refractivity contribution in [2.75, 3.05) is 43.4 Å². The van der Waals surface area contributed by atoms with E-state index in [-0.39, 0.29) is 0 Å². The highest BCUT2D eigenvalue weighted by Gasteiger charge is 2.22. The minimum atomic E-state index is 0.517. The van der Waals surface area contributed by atoms with Crippen molar-refractivity contribution in [3.05, 3.63) is 84.8 Å². The lowest BCUT2D eigenvalue weighted by Gasteiger charge is -2.35. The van der Waals surface area contributed by atoms with E-state index in [2.05, 4.69) is 44.0 Å². The van der Waals surface area contributed by atoms with Gasteiger partial charge in [-0.15, -0.1) is 0 Å². The summed E-state index contributed by atoms with van der Waals surface area (Å²) < 4.78 is 7.90. The molecule has 1 aromatic carbocycles. The summed E-state index contributed by atoms with van der Waals surface area (Å²) in [4.78, 5) is 14.3. The second-order valence-corrected chi connectivity index (χ2v) is 8.82. The van der Waals surface area contributed by atoms with Gasteiger partial charge in [-0.25, -0.2) is 9.97 Å². The molecule has 0 atom stereocenters. The van der Waals surface area contributed by atoms with E-state index in [9.17, 15) is 0 Å². The van der Waals surface area contributed by atoms with Gasteiger partial charge in [-0.3, -0.25) is 4.90 Å². The van der Waals surface area contributed by atoms with Crippen LogP contribution in [0.5, 0.6) is 5.75 Å². The molecule has 4 aromatic rings. The number of piperazine rings is 1. The Morgan fingerprint density at radius 3 is 2.53 bits per heavy atom. The average Bonchev–Trinajstić information content (AvgIpc) is 3.21. The van der Waals surface area contributed by atoms with Gasteiger partial charge in [-0.05, 0) is 61.0 Å². The third-order valence-corrected chi connectivity index (χ3v) is 6.07. The largest absolute Gasteiger partial charge is 0.489 e. The quantitative estimate of drug-likeness (QED) is 0.421. The summed E-state index contributed by atoms with van der Waals surface area (Å²) in [6, 6.07) is 18.1. The standard InChI is InChI=1S/C27H30N6O/c1-20(2)19-34-23-9-6-21(7-10-23)27-24(33-17-22(28)8-11-26(33)30-27)18-31-13-15-32(16-14-31)25-5-3-4-12-29-25/h3-12,17H,1,13-16,18-19,28H2,2H3. The summed E-state index contributed by atoms with van der Waals surface area (Å²) >= 11 is 0. The van der Waals surface area contributed by atoms with Gasteiger partial charge < -0.3 is 19.8 Å². The van der Waals surface area contributed by atoms with Gasteiger partial charge in [0.25, 0.3) is 0 Å². The smallest absolute Gasteiger partial charge is 0.137 e. The van der Waals surface area contributed by atoms with Gasteiger partial charge in [0, 0.05) is 56.4 Å². The summed E-state index contributed by atoms with van der Waals surface area (Å²) in [5, 5.41) is 0. The zero-order valence-corrected chi connectivity index (χ0v) is 19.5. The predicted octanol–water partition coefficient (Wildman–Crippen LogP) is 4.26. The number of hydrogen-bond donors (Lipinski definition) is 1. The topological polar surface area (TPSA) is 71.9 Å². The van der Waals surface area contributed by atoms with Crippen molar-refractivity contribution in [2.45, 2.75) is 13.5 Å². The molecule has 7 heteroatoms. The first-order valence-corrected chi connectivity index (χ1v) is 11.6. The fourth-order valence-corrected chi connectivity index (χ4v) is 4.30. The van der Waals surface area contributed by atoms with Crippen molar-refractivity contribution in [2.24, 2.45) is 0 Å². The minimum absolute atomic E-state index is 0.517. The van der Waals surface area contributed by atoms with Gasteiger partial charge in [0.05, 0.1) is 11.4 Å². The van der Waals surface area contributed by atoms with E-state index in [0.29, 0.717) is 6.61 Å². The van der Waals surface area contributed by atoms with Crippen LogP contribution in [-0.2, 0) is 6.54 Å². The molecule has 4 heterocycles. The van der Waals surface area contributed by atoms with Crippen LogP contribution in [0.1, 0.15) is 12.6 Å². The SMILES string of the molecule is C=C(C)COc1ccc(-c2nc3ccc(N)cn3c2CN2CCN(c3ccccn3)CC2)cc1. The number of aromatic nitrogens is 3. The lowest BCUT2D eigenvalue weighted by Crippen LogP contribution is -2.46.